The first kappa shape index (κ1) is 14.2. The fraction of sp³-hybridized carbons (Fsp3) is 0.0714. The second kappa shape index (κ2) is 5.57. The van der Waals surface area contributed by atoms with Crippen LogP contribution in [0.4, 0.5) is 0 Å². The Balaban J connectivity index is 1.93. The molecule has 1 aromatic carbocycles. The van der Waals surface area contributed by atoms with E-state index in [2.05, 4.69) is 15.0 Å². The van der Waals surface area contributed by atoms with Gasteiger partial charge in [0.25, 0.3) is 0 Å². The lowest BCUT2D eigenvalue weighted by Crippen LogP contribution is -2.07. The number of nitrogens with zero attached hydrogens (tertiary/aromatic N) is 1. The molecule has 0 bridgehead atoms. The Morgan fingerprint density at radius 2 is 2.14 bits per heavy atom. The van der Waals surface area contributed by atoms with Crippen LogP contribution in [0.3, 0.4) is 0 Å². The molecule has 3 aromatic rings. The summed E-state index contributed by atoms with van der Waals surface area (Å²) in [6.07, 6.45) is 2.09. The highest BCUT2D eigenvalue weighted by Gasteiger charge is 2.14. The number of imidazole rings is 1. The van der Waals surface area contributed by atoms with E-state index in [-0.39, 0.29) is 16.6 Å². The quantitative estimate of drug-likeness (QED) is 0.623. The molecule has 0 aliphatic rings. The van der Waals surface area contributed by atoms with Crippen molar-refractivity contribution in [1.29, 1.82) is 0 Å². The van der Waals surface area contributed by atoms with E-state index in [1.165, 1.54) is 12.3 Å². The van der Waals surface area contributed by atoms with Crippen LogP contribution < -0.4 is 5.43 Å². The molecule has 2 heterocycles. The third-order valence-corrected chi connectivity index (χ3v) is 4.30. The van der Waals surface area contributed by atoms with E-state index < -0.39 is 22.0 Å². The van der Waals surface area contributed by atoms with Gasteiger partial charge in [-0.1, -0.05) is 0 Å². The number of fused-ring (bicyclic) bond motifs is 1. The molecule has 0 saturated heterocycles. The molecule has 2 aromatic heterocycles. The van der Waals surface area contributed by atoms with Gasteiger partial charge in [0.1, 0.15) is 6.29 Å². The summed E-state index contributed by atoms with van der Waals surface area (Å²) in [5, 5.41) is 9.86. The summed E-state index contributed by atoms with van der Waals surface area (Å²) in [6, 6.07) is 6.06. The molecule has 0 radical (unpaired) electrons. The van der Waals surface area contributed by atoms with E-state index in [9.17, 15) is 18.9 Å². The number of aromatic hydroxyl groups is 1. The van der Waals surface area contributed by atoms with Crippen molar-refractivity contribution in [3.8, 4) is 5.75 Å². The summed E-state index contributed by atoms with van der Waals surface area (Å²) < 4.78 is 12.3. The van der Waals surface area contributed by atoms with Crippen LogP contribution in [0, 0.1) is 0 Å². The van der Waals surface area contributed by atoms with Crippen LogP contribution in [-0.2, 0) is 16.6 Å². The molecule has 8 heteroatoms. The molecule has 1 unspecified atom stereocenters. The standard InChI is InChI=1S/C14H11N3O4S/c18-6-8-1-2-9-10(5-8)17-14(16-9)22(21)7-11-13(20)12(19)3-4-15-11/h1-6,20H,7H2,(H,15,19)(H,16,17). The summed E-state index contributed by atoms with van der Waals surface area (Å²) in [7, 11) is -1.58. The smallest absolute Gasteiger partial charge is 0.223 e. The Hall–Kier alpha value is -2.74. The second-order valence-electron chi connectivity index (χ2n) is 4.60. The highest BCUT2D eigenvalue weighted by atomic mass is 32.2. The predicted octanol–water partition coefficient (Wildman–Crippen LogP) is 1.08. The molecule has 3 rings (SSSR count). The molecule has 3 N–H and O–H groups in total. The normalized spacial score (nSPS) is 12.4. The molecule has 0 fully saturated rings. The minimum Gasteiger partial charge on any atom is -0.503 e. The molecule has 112 valence electrons. The van der Waals surface area contributed by atoms with Gasteiger partial charge < -0.3 is 15.1 Å². The molecule has 0 amide bonds. The van der Waals surface area contributed by atoms with E-state index >= 15 is 0 Å². The monoisotopic (exact) mass is 317 g/mol. The van der Waals surface area contributed by atoms with E-state index in [0.717, 1.165) is 0 Å². The van der Waals surface area contributed by atoms with Gasteiger partial charge in [-0.05, 0) is 18.2 Å². The number of carbonyl (C=O) groups is 1. The molecular formula is C14H11N3O4S. The average Bonchev–Trinajstić information content (AvgIpc) is 2.94. The molecule has 7 nitrogen and oxygen atoms in total. The minimum absolute atomic E-state index is 0.0811. The second-order valence-corrected chi connectivity index (χ2v) is 5.96. The van der Waals surface area contributed by atoms with Crippen LogP contribution >= 0.6 is 0 Å². The summed E-state index contributed by atoms with van der Waals surface area (Å²) in [6.45, 7) is 0. The van der Waals surface area contributed by atoms with Crippen molar-refractivity contribution >= 4 is 28.1 Å². The van der Waals surface area contributed by atoms with E-state index in [1.807, 2.05) is 0 Å². The van der Waals surface area contributed by atoms with E-state index in [0.29, 0.717) is 22.9 Å². The zero-order chi connectivity index (χ0) is 15.7. The van der Waals surface area contributed by atoms with Gasteiger partial charge in [-0.25, -0.2) is 4.98 Å². The lowest BCUT2D eigenvalue weighted by Gasteiger charge is -2.02. The van der Waals surface area contributed by atoms with Crippen molar-refractivity contribution < 1.29 is 14.1 Å². The van der Waals surface area contributed by atoms with E-state index in [1.54, 1.807) is 18.2 Å². The van der Waals surface area contributed by atoms with Gasteiger partial charge in [-0.3, -0.25) is 13.8 Å². The van der Waals surface area contributed by atoms with Gasteiger partial charge in [-0.2, -0.15) is 0 Å². The summed E-state index contributed by atoms with van der Waals surface area (Å²) in [5.41, 5.74) is 1.31. The van der Waals surface area contributed by atoms with Gasteiger partial charge >= 0.3 is 0 Å². The number of carbonyl (C=O) groups excluding carboxylic acids is 1. The number of aromatic nitrogens is 3. The van der Waals surface area contributed by atoms with Gasteiger partial charge in [0, 0.05) is 17.8 Å². The Kier molecular flexibility index (Phi) is 3.60. The first-order chi connectivity index (χ1) is 10.6. The van der Waals surface area contributed by atoms with Crippen molar-refractivity contribution in [3.63, 3.8) is 0 Å². The van der Waals surface area contributed by atoms with Gasteiger partial charge in [0.15, 0.2) is 10.9 Å². The summed E-state index contributed by atoms with van der Waals surface area (Å²) in [4.78, 5) is 31.9. The topological polar surface area (TPSA) is 116 Å². The molecule has 0 spiro atoms. The van der Waals surface area contributed by atoms with Crippen molar-refractivity contribution in [3.05, 3.63) is 51.9 Å². The van der Waals surface area contributed by atoms with E-state index in [4.69, 9.17) is 0 Å². The fourth-order valence-electron chi connectivity index (χ4n) is 2.01. The van der Waals surface area contributed by atoms with Crippen LogP contribution in [0.1, 0.15) is 16.1 Å². The van der Waals surface area contributed by atoms with Crippen molar-refractivity contribution in [2.75, 3.05) is 0 Å². The Morgan fingerprint density at radius 1 is 1.32 bits per heavy atom. The fourth-order valence-corrected chi connectivity index (χ4v) is 3.05. The number of aldehydes is 1. The van der Waals surface area contributed by atoms with Crippen molar-refractivity contribution in [1.82, 2.24) is 15.0 Å². The third kappa shape index (κ3) is 2.56. The number of rotatable bonds is 4. The number of H-pyrrole nitrogens is 2. The van der Waals surface area contributed by atoms with Crippen LogP contribution in [0.5, 0.6) is 5.75 Å². The zero-order valence-electron chi connectivity index (χ0n) is 11.2. The number of aromatic amines is 2. The van der Waals surface area contributed by atoms with Gasteiger partial charge in [0.2, 0.25) is 5.43 Å². The zero-order valence-corrected chi connectivity index (χ0v) is 12.0. The maximum absolute atomic E-state index is 12.3. The van der Waals surface area contributed by atoms with Crippen LogP contribution in [-0.4, -0.2) is 30.6 Å². The molecule has 1 atom stereocenters. The minimum atomic E-state index is -1.58. The maximum Gasteiger partial charge on any atom is 0.223 e. The maximum atomic E-state index is 12.3. The number of hydrogen-bond donors (Lipinski definition) is 3. The van der Waals surface area contributed by atoms with Crippen LogP contribution in [0.2, 0.25) is 0 Å². The highest BCUT2D eigenvalue weighted by molar-refractivity contribution is 7.84. The first-order valence-corrected chi connectivity index (χ1v) is 7.63. The largest absolute Gasteiger partial charge is 0.503 e. The molecule has 0 saturated carbocycles. The van der Waals surface area contributed by atoms with Gasteiger partial charge in [-0.15, -0.1) is 0 Å². The number of nitrogens with one attached hydrogen (secondary N) is 2. The Labute approximate surface area is 126 Å². The number of benzene rings is 1. The van der Waals surface area contributed by atoms with Crippen LogP contribution in [0.25, 0.3) is 11.0 Å². The lowest BCUT2D eigenvalue weighted by atomic mass is 10.2. The molecule has 0 aliphatic carbocycles. The summed E-state index contributed by atoms with van der Waals surface area (Å²) in [5.74, 6) is -0.530. The SMILES string of the molecule is O=Cc1ccc2nc(S(=O)Cc3[nH]ccc(=O)c3O)[nH]c2c1. The van der Waals surface area contributed by atoms with Crippen LogP contribution in [0.15, 0.2) is 40.4 Å². The molecular weight excluding hydrogens is 306 g/mol. The van der Waals surface area contributed by atoms with Crippen molar-refractivity contribution in [2.45, 2.75) is 10.9 Å². The first-order valence-electron chi connectivity index (χ1n) is 6.31. The molecule has 0 aliphatic heterocycles. The van der Waals surface area contributed by atoms with Crippen molar-refractivity contribution in [2.24, 2.45) is 0 Å². The molecule has 22 heavy (non-hydrogen) atoms. The predicted molar refractivity (Wildman–Crippen MR) is 80.3 cm³/mol. The van der Waals surface area contributed by atoms with Gasteiger partial charge in [0.05, 0.1) is 33.3 Å². The highest BCUT2D eigenvalue weighted by Crippen LogP contribution is 2.18. The Bertz CT molecular complexity index is 945. The summed E-state index contributed by atoms with van der Waals surface area (Å²) >= 11 is 0. The Morgan fingerprint density at radius 3 is 2.91 bits per heavy atom. The third-order valence-electron chi connectivity index (χ3n) is 3.12. The number of pyridine rings is 1. The lowest BCUT2D eigenvalue weighted by molar-refractivity contribution is 0.112. The average molecular weight is 317 g/mol. The number of hydrogen-bond acceptors (Lipinski definition) is 5.